The van der Waals surface area contributed by atoms with Gasteiger partial charge < -0.3 is 9.47 Å². The average Bonchev–Trinajstić information content (AvgIpc) is 2.60. The quantitative estimate of drug-likeness (QED) is 0.651. The van der Waals surface area contributed by atoms with Crippen LogP contribution < -0.4 is 0 Å². The van der Waals surface area contributed by atoms with Crippen molar-refractivity contribution in [3.63, 3.8) is 0 Å². The molecule has 1 amide bonds. The van der Waals surface area contributed by atoms with Crippen LogP contribution in [0, 0.1) is 0 Å². The smallest absolute Gasteiger partial charge is 0.411 e. The van der Waals surface area contributed by atoms with Crippen LogP contribution in [-0.2, 0) is 9.47 Å². The molecule has 0 aromatic rings. The fourth-order valence-electron chi connectivity index (χ4n) is 3.65. The maximum atomic E-state index is 11.9. The third-order valence-corrected chi connectivity index (χ3v) is 5.07. The molecule has 4 nitrogen and oxygen atoms in total. The molecule has 0 radical (unpaired) electrons. The molecule has 0 saturated carbocycles. The summed E-state index contributed by atoms with van der Waals surface area (Å²) >= 11 is 0. The predicted octanol–water partition coefficient (Wildman–Crippen LogP) is 2.32. The van der Waals surface area contributed by atoms with Gasteiger partial charge in [0.05, 0.1) is 11.7 Å². The van der Waals surface area contributed by atoms with Gasteiger partial charge in [0, 0.05) is 6.54 Å². The summed E-state index contributed by atoms with van der Waals surface area (Å²) in [5.41, 5.74) is -0.819. The summed E-state index contributed by atoms with van der Waals surface area (Å²) in [4.78, 5) is 13.8. The minimum absolute atomic E-state index is 0.0939. The minimum atomic E-state index is -0.404. The summed E-state index contributed by atoms with van der Waals surface area (Å²) in [5, 5.41) is 0. The molecule has 3 heterocycles. The predicted molar refractivity (Wildman–Crippen MR) is 62.8 cm³/mol. The zero-order chi connectivity index (χ0) is 12.5. The van der Waals surface area contributed by atoms with Crippen LogP contribution in [-0.4, -0.2) is 40.4 Å². The van der Waals surface area contributed by atoms with E-state index in [0.29, 0.717) is 0 Å². The molecule has 0 aliphatic carbocycles. The fourth-order valence-corrected chi connectivity index (χ4v) is 3.65. The number of amides is 1. The molecule has 0 aromatic heterocycles. The van der Waals surface area contributed by atoms with Crippen molar-refractivity contribution in [2.75, 3.05) is 6.54 Å². The molecule has 17 heavy (non-hydrogen) atoms. The van der Waals surface area contributed by atoms with E-state index in [1.54, 1.807) is 0 Å². The van der Waals surface area contributed by atoms with Crippen LogP contribution in [0.25, 0.3) is 0 Å². The Morgan fingerprint density at radius 3 is 2.65 bits per heavy atom. The highest BCUT2D eigenvalue weighted by molar-refractivity contribution is 5.73. The Morgan fingerprint density at radius 1 is 1.24 bits per heavy atom. The van der Waals surface area contributed by atoms with Gasteiger partial charge in [-0.25, -0.2) is 4.79 Å². The number of carbonyl (C=O) groups excluding carboxylic acids is 1. The van der Waals surface area contributed by atoms with E-state index in [1.165, 1.54) is 0 Å². The van der Waals surface area contributed by atoms with E-state index < -0.39 is 5.60 Å². The van der Waals surface area contributed by atoms with E-state index in [1.807, 2.05) is 4.90 Å². The van der Waals surface area contributed by atoms with Gasteiger partial charge in [-0.2, -0.15) is 0 Å². The molecule has 3 fully saturated rings. The largest absolute Gasteiger partial charge is 0.440 e. The second-order valence-electron chi connectivity index (χ2n) is 6.55. The molecule has 3 rings (SSSR count). The molecular weight excluding hydrogens is 218 g/mol. The van der Waals surface area contributed by atoms with Crippen molar-refractivity contribution >= 4 is 6.09 Å². The summed E-state index contributed by atoms with van der Waals surface area (Å²) in [7, 11) is 0. The van der Waals surface area contributed by atoms with Crippen LogP contribution in [0.5, 0.6) is 0 Å². The molecule has 3 saturated heterocycles. The van der Waals surface area contributed by atoms with Gasteiger partial charge in [0.15, 0.2) is 0 Å². The summed E-state index contributed by atoms with van der Waals surface area (Å²) < 4.78 is 11.9. The van der Waals surface area contributed by atoms with Gasteiger partial charge >= 0.3 is 6.09 Å². The van der Waals surface area contributed by atoms with Crippen molar-refractivity contribution in [1.82, 2.24) is 4.90 Å². The van der Waals surface area contributed by atoms with Crippen molar-refractivity contribution in [1.29, 1.82) is 0 Å². The van der Waals surface area contributed by atoms with Gasteiger partial charge in [0.2, 0.25) is 0 Å². The Morgan fingerprint density at radius 2 is 1.94 bits per heavy atom. The number of hydrogen-bond donors (Lipinski definition) is 0. The van der Waals surface area contributed by atoms with E-state index in [9.17, 15) is 4.79 Å². The lowest BCUT2D eigenvalue weighted by molar-refractivity contribution is -0.102. The lowest BCUT2D eigenvalue weighted by atomic mass is 9.77. The summed E-state index contributed by atoms with van der Waals surface area (Å²) in [6.07, 6.45) is 2.65. The SMILES string of the molecule is CC1(C)CCC2(C)OC(=O)N3CCC(O1)C32C. The molecule has 0 N–H and O–H groups in total. The number of ether oxygens (including phenoxy) is 2. The van der Waals surface area contributed by atoms with E-state index in [0.717, 1.165) is 25.8 Å². The van der Waals surface area contributed by atoms with Crippen molar-refractivity contribution in [3.05, 3.63) is 0 Å². The second-order valence-corrected chi connectivity index (χ2v) is 6.55. The number of nitrogens with zero attached hydrogens (tertiary/aromatic N) is 1. The molecule has 3 unspecified atom stereocenters. The van der Waals surface area contributed by atoms with Crippen LogP contribution >= 0.6 is 0 Å². The van der Waals surface area contributed by atoms with Crippen molar-refractivity contribution in [2.45, 2.75) is 69.8 Å². The lowest BCUT2D eigenvalue weighted by Crippen LogP contribution is -2.57. The monoisotopic (exact) mass is 239 g/mol. The van der Waals surface area contributed by atoms with Crippen LogP contribution in [0.15, 0.2) is 0 Å². The minimum Gasteiger partial charge on any atom is -0.440 e. The van der Waals surface area contributed by atoms with Gasteiger partial charge in [0.1, 0.15) is 11.1 Å². The van der Waals surface area contributed by atoms with Crippen LogP contribution in [0.2, 0.25) is 0 Å². The van der Waals surface area contributed by atoms with Gasteiger partial charge in [-0.3, -0.25) is 4.90 Å². The third kappa shape index (κ3) is 1.25. The molecule has 3 atom stereocenters. The number of hydrogen-bond acceptors (Lipinski definition) is 3. The molecular formula is C13H21NO3. The third-order valence-electron chi connectivity index (χ3n) is 5.07. The summed E-state index contributed by atoms with van der Waals surface area (Å²) in [5.74, 6) is 0. The van der Waals surface area contributed by atoms with E-state index in [4.69, 9.17) is 9.47 Å². The second kappa shape index (κ2) is 2.97. The zero-order valence-corrected chi connectivity index (χ0v) is 11.1. The number of rotatable bonds is 0. The summed E-state index contributed by atoms with van der Waals surface area (Å²) in [6.45, 7) is 9.20. The zero-order valence-electron chi connectivity index (χ0n) is 11.1. The van der Waals surface area contributed by atoms with Crippen LogP contribution in [0.1, 0.15) is 47.0 Å². The van der Waals surface area contributed by atoms with Crippen molar-refractivity contribution in [3.8, 4) is 0 Å². The Bertz CT molecular complexity index is 381. The first kappa shape index (κ1) is 11.3. The first-order valence-electron chi connectivity index (χ1n) is 6.47. The molecule has 96 valence electrons. The maximum absolute atomic E-state index is 11.9. The highest BCUT2D eigenvalue weighted by Crippen LogP contribution is 2.53. The molecule has 3 aliphatic rings. The Labute approximate surface area is 102 Å². The Balaban J connectivity index is 2.07. The fraction of sp³-hybridized carbons (Fsp3) is 0.923. The highest BCUT2D eigenvalue weighted by Gasteiger charge is 2.68. The van der Waals surface area contributed by atoms with Crippen LogP contribution in [0.4, 0.5) is 4.79 Å². The summed E-state index contributed by atoms with van der Waals surface area (Å²) in [6, 6.07) is 0. The normalized spacial score (nSPS) is 47.6. The van der Waals surface area contributed by atoms with E-state index >= 15 is 0 Å². The number of carbonyl (C=O) groups is 1. The Hall–Kier alpha value is -0.770. The van der Waals surface area contributed by atoms with Gasteiger partial charge in [-0.15, -0.1) is 0 Å². The average molecular weight is 239 g/mol. The molecule has 3 aliphatic heterocycles. The Kier molecular flexibility index (Phi) is 1.98. The molecule has 0 aromatic carbocycles. The van der Waals surface area contributed by atoms with Crippen LogP contribution in [0.3, 0.4) is 0 Å². The lowest BCUT2D eigenvalue weighted by Gasteiger charge is -2.40. The van der Waals surface area contributed by atoms with Gasteiger partial charge in [-0.05, 0) is 47.0 Å². The van der Waals surface area contributed by atoms with E-state index in [2.05, 4.69) is 27.7 Å². The molecule has 0 spiro atoms. The first-order chi connectivity index (χ1) is 7.79. The van der Waals surface area contributed by atoms with E-state index in [-0.39, 0.29) is 23.3 Å². The topological polar surface area (TPSA) is 38.8 Å². The molecule has 0 bridgehead atoms. The van der Waals surface area contributed by atoms with Gasteiger partial charge in [0.25, 0.3) is 0 Å². The standard InChI is InChI=1S/C13H21NO3/c1-11(2)6-7-12(3)13(4)9(16-11)5-8-14(13)10(15)17-12/h9H,5-8H2,1-4H3. The van der Waals surface area contributed by atoms with Gasteiger partial charge in [-0.1, -0.05) is 0 Å². The molecule has 4 heteroatoms. The maximum Gasteiger partial charge on any atom is 0.411 e. The van der Waals surface area contributed by atoms with Crippen molar-refractivity contribution in [2.24, 2.45) is 0 Å². The van der Waals surface area contributed by atoms with Crippen molar-refractivity contribution < 1.29 is 14.3 Å². The highest BCUT2D eigenvalue weighted by atomic mass is 16.6. The first-order valence-corrected chi connectivity index (χ1v) is 6.47.